The van der Waals surface area contributed by atoms with E-state index in [0.717, 1.165) is 0 Å². The van der Waals surface area contributed by atoms with Crippen molar-refractivity contribution >= 4 is 12.4 Å². The van der Waals surface area contributed by atoms with Gasteiger partial charge in [0.1, 0.15) is 5.75 Å². The van der Waals surface area contributed by atoms with Gasteiger partial charge in [-0.1, -0.05) is 12.1 Å². The van der Waals surface area contributed by atoms with Gasteiger partial charge in [0.15, 0.2) is 6.61 Å². The fourth-order valence-corrected chi connectivity index (χ4v) is 1.60. The molecule has 2 nitrogen and oxygen atoms in total. The van der Waals surface area contributed by atoms with Crippen molar-refractivity contribution < 1.29 is 13.5 Å². The van der Waals surface area contributed by atoms with E-state index in [9.17, 15) is 8.78 Å². The first-order valence-corrected chi connectivity index (χ1v) is 4.42. The molecule has 0 amide bonds. The Hall–Kier alpha value is -0.870. The highest BCUT2D eigenvalue weighted by molar-refractivity contribution is 5.85. The number of halogens is 3. The van der Waals surface area contributed by atoms with Gasteiger partial charge in [0.05, 0.1) is 5.56 Å². The van der Waals surface area contributed by atoms with Crippen LogP contribution in [0.5, 0.6) is 5.75 Å². The van der Waals surface area contributed by atoms with Crippen LogP contribution in [-0.2, 0) is 5.92 Å². The van der Waals surface area contributed by atoms with E-state index in [2.05, 4.69) is 0 Å². The Balaban J connectivity index is 0.00000112. The van der Waals surface area contributed by atoms with Crippen molar-refractivity contribution in [2.75, 3.05) is 6.61 Å². The summed E-state index contributed by atoms with van der Waals surface area (Å²) in [5.74, 6) is -2.62. The monoisotopic (exact) mass is 235 g/mol. The van der Waals surface area contributed by atoms with Crippen LogP contribution in [0.1, 0.15) is 24.1 Å². The van der Waals surface area contributed by atoms with Crippen LogP contribution in [0.2, 0.25) is 0 Å². The molecule has 0 saturated heterocycles. The molecule has 0 radical (unpaired) electrons. The van der Waals surface area contributed by atoms with Gasteiger partial charge in [0.25, 0.3) is 0 Å². The maximum atomic E-state index is 13.2. The normalized spacial score (nSPS) is 18.7. The van der Waals surface area contributed by atoms with Crippen molar-refractivity contribution in [3.05, 3.63) is 29.3 Å². The maximum Gasteiger partial charge on any atom is 0.310 e. The molecule has 0 aromatic heterocycles. The summed E-state index contributed by atoms with van der Waals surface area (Å²) in [5, 5.41) is 0. The molecule has 1 aliphatic rings. The van der Waals surface area contributed by atoms with Crippen molar-refractivity contribution in [1.29, 1.82) is 0 Å². The van der Waals surface area contributed by atoms with Crippen LogP contribution in [0.15, 0.2) is 18.2 Å². The number of ether oxygens (including phenoxy) is 1. The second-order valence-corrected chi connectivity index (χ2v) is 3.51. The average molecular weight is 236 g/mol. The molecule has 0 fully saturated rings. The van der Waals surface area contributed by atoms with Gasteiger partial charge in [-0.2, -0.15) is 8.78 Å². The minimum Gasteiger partial charge on any atom is -0.486 e. The minimum atomic E-state index is -2.87. The van der Waals surface area contributed by atoms with Crippen molar-refractivity contribution in [3.8, 4) is 5.75 Å². The molecular weight excluding hydrogens is 224 g/mol. The SMILES string of the molecule is CC(N)c1cccc2c1OCC2(F)F.Cl. The standard InChI is InChI=1S/C10H11F2NO.ClH/c1-6(13)7-3-2-4-8-9(7)14-5-10(8,11)12;/h2-4,6H,5,13H2,1H3;1H. The second-order valence-electron chi connectivity index (χ2n) is 3.51. The second kappa shape index (κ2) is 3.94. The van der Waals surface area contributed by atoms with Gasteiger partial charge in [0.2, 0.25) is 0 Å². The van der Waals surface area contributed by atoms with Crippen LogP contribution in [0.4, 0.5) is 8.78 Å². The third-order valence-electron chi connectivity index (χ3n) is 2.33. The molecule has 2 rings (SSSR count). The number of benzene rings is 1. The molecule has 15 heavy (non-hydrogen) atoms. The molecule has 0 spiro atoms. The number of hydrogen-bond acceptors (Lipinski definition) is 2. The molecule has 1 unspecified atom stereocenters. The fraction of sp³-hybridized carbons (Fsp3) is 0.400. The molecule has 1 atom stereocenters. The van der Waals surface area contributed by atoms with Gasteiger partial charge in [0, 0.05) is 11.6 Å². The summed E-state index contributed by atoms with van der Waals surface area (Å²) in [6.45, 7) is 1.17. The molecule has 1 aliphatic heterocycles. The maximum absolute atomic E-state index is 13.2. The number of nitrogens with two attached hydrogens (primary N) is 1. The van der Waals surface area contributed by atoms with Crippen LogP contribution in [0.3, 0.4) is 0 Å². The molecule has 1 aromatic carbocycles. The molecule has 5 heteroatoms. The van der Waals surface area contributed by atoms with Crippen LogP contribution in [0.25, 0.3) is 0 Å². The summed E-state index contributed by atoms with van der Waals surface area (Å²) in [6.07, 6.45) is 0. The lowest BCUT2D eigenvalue weighted by Crippen LogP contribution is -2.14. The lowest BCUT2D eigenvalue weighted by molar-refractivity contribution is -0.0214. The smallest absolute Gasteiger partial charge is 0.310 e. The first-order chi connectivity index (χ1) is 6.52. The first kappa shape index (κ1) is 12.2. The first-order valence-electron chi connectivity index (χ1n) is 4.42. The summed E-state index contributed by atoms with van der Waals surface area (Å²) < 4.78 is 31.4. The Labute approximate surface area is 92.8 Å². The van der Waals surface area contributed by atoms with Crippen LogP contribution < -0.4 is 10.5 Å². The zero-order valence-electron chi connectivity index (χ0n) is 8.17. The Morgan fingerprint density at radius 3 is 2.73 bits per heavy atom. The summed E-state index contributed by atoms with van der Waals surface area (Å²) >= 11 is 0. The quantitative estimate of drug-likeness (QED) is 0.812. The van der Waals surface area contributed by atoms with Gasteiger partial charge in [-0.05, 0) is 13.0 Å². The Morgan fingerprint density at radius 1 is 1.47 bits per heavy atom. The number of alkyl halides is 2. The summed E-state index contributed by atoms with van der Waals surface area (Å²) in [5.41, 5.74) is 6.24. The molecule has 2 N–H and O–H groups in total. The van der Waals surface area contributed by atoms with E-state index in [1.165, 1.54) is 6.07 Å². The predicted octanol–water partition coefficient (Wildman–Crippen LogP) is 2.61. The van der Waals surface area contributed by atoms with Crippen molar-refractivity contribution in [3.63, 3.8) is 0 Å². The fourth-order valence-electron chi connectivity index (χ4n) is 1.60. The van der Waals surface area contributed by atoms with Crippen LogP contribution >= 0.6 is 12.4 Å². The zero-order valence-corrected chi connectivity index (χ0v) is 8.98. The highest BCUT2D eigenvalue weighted by Gasteiger charge is 2.42. The minimum absolute atomic E-state index is 0. The Bertz CT molecular complexity index is 368. The highest BCUT2D eigenvalue weighted by Crippen LogP contribution is 2.44. The van der Waals surface area contributed by atoms with Crippen molar-refractivity contribution in [1.82, 2.24) is 0 Å². The van der Waals surface area contributed by atoms with Gasteiger partial charge < -0.3 is 10.5 Å². The van der Waals surface area contributed by atoms with E-state index in [1.807, 2.05) is 0 Å². The predicted molar refractivity (Wildman–Crippen MR) is 55.7 cm³/mol. The zero-order chi connectivity index (χ0) is 10.3. The number of para-hydroxylation sites is 1. The third kappa shape index (κ3) is 1.92. The van der Waals surface area contributed by atoms with Gasteiger partial charge in [-0.15, -0.1) is 12.4 Å². The van der Waals surface area contributed by atoms with E-state index in [-0.39, 0.29) is 29.8 Å². The molecule has 84 valence electrons. The summed E-state index contributed by atoms with van der Waals surface area (Å²) in [7, 11) is 0. The molecule has 0 aliphatic carbocycles. The molecular formula is C10H12ClF2NO. The number of fused-ring (bicyclic) bond motifs is 1. The largest absolute Gasteiger partial charge is 0.486 e. The third-order valence-corrected chi connectivity index (χ3v) is 2.33. The molecule has 1 heterocycles. The molecule has 0 bridgehead atoms. The molecule has 0 saturated carbocycles. The lowest BCUT2D eigenvalue weighted by Gasteiger charge is -2.10. The van der Waals surface area contributed by atoms with E-state index in [1.54, 1.807) is 19.1 Å². The van der Waals surface area contributed by atoms with Gasteiger partial charge >= 0.3 is 5.92 Å². The Morgan fingerprint density at radius 2 is 2.13 bits per heavy atom. The van der Waals surface area contributed by atoms with E-state index in [4.69, 9.17) is 10.5 Å². The van der Waals surface area contributed by atoms with Crippen LogP contribution in [-0.4, -0.2) is 6.61 Å². The van der Waals surface area contributed by atoms with E-state index in [0.29, 0.717) is 5.56 Å². The summed E-state index contributed by atoms with van der Waals surface area (Å²) in [4.78, 5) is 0. The van der Waals surface area contributed by atoms with Gasteiger partial charge in [-0.3, -0.25) is 0 Å². The molecule has 1 aromatic rings. The van der Waals surface area contributed by atoms with Gasteiger partial charge in [-0.25, -0.2) is 0 Å². The lowest BCUT2D eigenvalue weighted by atomic mass is 10.0. The van der Waals surface area contributed by atoms with Crippen molar-refractivity contribution in [2.45, 2.75) is 18.9 Å². The average Bonchev–Trinajstić information content (AvgIpc) is 2.42. The van der Waals surface area contributed by atoms with E-state index >= 15 is 0 Å². The van der Waals surface area contributed by atoms with Crippen molar-refractivity contribution in [2.24, 2.45) is 5.73 Å². The Kier molecular flexibility index (Phi) is 3.21. The van der Waals surface area contributed by atoms with Crippen LogP contribution in [0, 0.1) is 0 Å². The number of hydrogen-bond donors (Lipinski definition) is 1. The number of rotatable bonds is 1. The highest BCUT2D eigenvalue weighted by atomic mass is 35.5. The summed E-state index contributed by atoms with van der Waals surface area (Å²) in [6, 6.07) is 4.39. The van der Waals surface area contributed by atoms with E-state index < -0.39 is 12.5 Å². The topological polar surface area (TPSA) is 35.2 Å².